The number of aryl methyl sites for hydroxylation is 1. The van der Waals surface area contributed by atoms with Crippen LogP contribution in [0, 0.1) is 6.92 Å². The molecule has 0 radical (unpaired) electrons. The minimum atomic E-state index is -1.11. The van der Waals surface area contributed by atoms with E-state index in [2.05, 4.69) is 10.4 Å². The maximum Gasteiger partial charge on any atom is 0.352 e. The second kappa shape index (κ2) is 5.97. The van der Waals surface area contributed by atoms with Crippen molar-refractivity contribution in [2.45, 2.75) is 38.7 Å². The smallest absolute Gasteiger partial charge is 0.352 e. The molecular formula is C15H18N4O4S. The molecule has 1 fully saturated rings. The second-order valence-electron chi connectivity index (χ2n) is 5.75. The molecule has 0 saturated carbocycles. The van der Waals surface area contributed by atoms with Gasteiger partial charge in [-0.2, -0.15) is 5.10 Å². The van der Waals surface area contributed by atoms with Gasteiger partial charge in [0, 0.05) is 18.0 Å². The molecule has 9 heteroatoms. The number of amides is 2. The number of aromatic nitrogens is 2. The number of hydrogen-bond acceptors (Lipinski definition) is 5. The molecule has 0 aliphatic carbocycles. The SMILES string of the molecule is CCn1ncc(C(=O)N[C@H]2C(=O)N3C(C(=O)O)=C(C)CS[C@H]23)c1C. The third kappa shape index (κ3) is 2.39. The Morgan fingerprint density at radius 1 is 1.46 bits per heavy atom. The maximum atomic E-state index is 12.4. The van der Waals surface area contributed by atoms with Crippen molar-refractivity contribution in [1.82, 2.24) is 20.0 Å². The number of β-lactam (4-membered cyclic amide) rings is 1. The lowest BCUT2D eigenvalue weighted by molar-refractivity contribution is -0.148. The Morgan fingerprint density at radius 2 is 2.17 bits per heavy atom. The van der Waals surface area contributed by atoms with Crippen molar-refractivity contribution >= 4 is 29.5 Å². The topological polar surface area (TPSA) is 105 Å². The zero-order valence-corrected chi connectivity index (χ0v) is 14.4. The highest BCUT2D eigenvalue weighted by molar-refractivity contribution is 8.00. The van der Waals surface area contributed by atoms with Crippen LogP contribution >= 0.6 is 11.8 Å². The summed E-state index contributed by atoms with van der Waals surface area (Å²) >= 11 is 1.45. The summed E-state index contributed by atoms with van der Waals surface area (Å²) in [5.74, 6) is -1.35. The largest absolute Gasteiger partial charge is 0.477 e. The van der Waals surface area contributed by atoms with Crippen LogP contribution in [0.25, 0.3) is 0 Å². The number of carbonyl (C=O) groups excluding carboxylic acids is 2. The summed E-state index contributed by atoms with van der Waals surface area (Å²) in [5, 5.41) is 15.8. The van der Waals surface area contributed by atoms with E-state index < -0.39 is 17.9 Å². The van der Waals surface area contributed by atoms with Crippen molar-refractivity contribution in [2.24, 2.45) is 0 Å². The molecule has 2 aliphatic heterocycles. The molecule has 0 aromatic carbocycles. The van der Waals surface area contributed by atoms with Crippen molar-refractivity contribution in [3.63, 3.8) is 0 Å². The molecule has 2 N–H and O–H groups in total. The Kier molecular flexibility index (Phi) is 4.12. The Bertz CT molecular complexity index is 770. The first-order valence-corrected chi connectivity index (χ1v) is 8.62. The zero-order valence-electron chi connectivity index (χ0n) is 13.6. The van der Waals surface area contributed by atoms with Gasteiger partial charge in [-0.3, -0.25) is 19.2 Å². The number of aliphatic carboxylic acids is 1. The van der Waals surface area contributed by atoms with Gasteiger partial charge in [0.25, 0.3) is 11.8 Å². The van der Waals surface area contributed by atoms with E-state index in [-0.39, 0.29) is 17.0 Å². The highest BCUT2D eigenvalue weighted by Crippen LogP contribution is 2.40. The van der Waals surface area contributed by atoms with Crippen molar-refractivity contribution in [3.05, 3.63) is 28.7 Å². The maximum absolute atomic E-state index is 12.4. The highest BCUT2D eigenvalue weighted by Gasteiger charge is 2.53. The van der Waals surface area contributed by atoms with E-state index in [9.17, 15) is 19.5 Å². The molecule has 1 saturated heterocycles. The third-order valence-corrected chi connectivity index (χ3v) is 5.72. The van der Waals surface area contributed by atoms with Crippen molar-refractivity contribution in [3.8, 4) is 0 Å². The van der Waals surface area contributed by atoms with Gasteiger partial charge in [-0.05, 0) is 26.3 Å². The predicted molar refractivity (Wildman–Crippen MR) is 87.3 cm³/mol. The summed E-state index contributed by atoms with van der Waals surface area (Å²) in [5.41, 5.74) is 1.84. The monoisotopic (exact) mass is 350 g/mol. The van der Waals surface area contributed by atoms with Gasteiger partial charge in [-0.25, -0.2) is 4.79 Å². The van der Waals surface area contributed by atoms with Gasteiger partial charge >= 0.3 is 5.97 Å². The molecule has 1 aromatic heterocycles. The first-order chi connectivity index (χ1) is 11.4. The van der Waals surface area contributed by atoms with Crippen molar-refractivity contribution < 1.29 is 19.5 Å². The van der Waals surface area contributed by atoms with Crippen LogP contribution in [0.5, 0.6) is 0 Å². The minimum Gasteiger partial charge on any atom is -0.477 e. The van der Waals surface area contributed by atoms with Gasteiger partial charge in [0.1, 0.15) is 17.1 Å². The van der Waals surface area contributed by atoms with Gasteiger partial charge in [0.15, 0.2) is 0 Å². The van der Waals surface area contributed by atoms with E-state index in [1.807, 2.05) is 6.92 Å². The van der Waals surface area contributed by atoms with Crippen molar-refractivity contribution in [2.75, 3.05) is 5.75 Å². The first-order valence-electron chi connectivity index (χ1n) is 7.57. The summed E-state index contributed by atoms with van der Waals surface area (Å²) in [6, 6.07) is -0.714. The van der Waals surface area contributed by atoms with Crippen LogP contribution in [0.1, 0.15) is 29.9 Å². The lowest BCUT2D eigenvalue weighted by Crippen LogP contribution is -2.70. The molecule has 3 rings (SSSR count). The van der Waals surface area contributed by atoms with E-state index in [0.29, 0.717) is 23.4 Å². The van der Waals surface area contributed by atoms with E-state index in [1.54, 1.807) is 18.5 Å². The average Bonchev–Trinajstić information content (AvgIpc) is 2.92. The molecule has 2 amide bonds. The van der Waals surface area contributed by atoms with E-state index >= 15 is 0 Å². The van der Waals surface area contributed by atoms with Gasteiger partial charge in [0.05, 0.1) is 11.8 Å². The van der Waals surface area contributed by atoms with Gasteiger partial charge < -0.3 is 10.4 Å². The zero-order chi connectivity index (χ0) is 17.6. The number of rotatable bonds is 4. The summed E-state index contributed by atoms with van der Waals surface area (Å²) < 4.78 is 1.70. The van der Waals surface area contributed by atoms with Gasteiger partial charge in [-0.15, -0.1) is 11.8 Å². The summed E-state index contributed by atoms with van der Waals surface area (Å²) in [7, 11) is 0. The first kappa shape index (κ1) is 16.6. The molecular weight excluding hydrogens is 332 g/mol. The molecule has 0 spiro atoms. The fraction of sp³-hybridized carbons (Fsp3) is 0.467. The Balaban J connectivity index is 1.77. The number of carbonyl (C=O) groups is 3. The molecule has 8 nitrogen and oxygen atoms in total. The number of hydrogen-bond donors (Lipinski definition) is 2. The lowest BCUT2D eigenvalue weighted by Gasteiger charge is -2.49. The van der Waals surface area contributed by atoms with E-state index in [0.717, 1.165) is 5.69 Å². The fourth-order valence-electron chi connectivity index (χ4n) is 2.98. The molecule has 2 aliphatic rings. The van der Waals surface area contributed by atoms with Crippen molar-refractivity contribution in [1.29, 1.82) is 0 Å². The standard InChI is InChI=1S/C15H18N4O4S/c1-4-18-8(3)9(5-16-18)12(20)17-10-13(21)19-11(15(22)23)7(2)6-24-14(10)19/h5,10,14H,4,6H2,1-3H3,(H,17,20)(H,22,23)/t10-,14+/m0/s1. The quantitative estimate of drug-likeness (QED) is 0.770. The van der Waals surface area contributed by atoms with Crippen LogP contribution in [0.4, 0.5) is 0 Å². The summed E-state index contributed by atoms with van der Waals surface area (Å²) in [4.78, 5) is 37.4. The molecule has 2 atom stereocenters. The number of nitrogens with one attached hydrogen (secondary N) is 1. The Labute approximate surface area is 142 Å². The van der Waals surface area contributed by atoms with Crippen LogP contribution in [-0.4, -0.2) is 54.7 Å². The van der Waals surface area contributed by atoms with Crippen LogP contribution < -0.4 is 5.32 Å². The Morgan fingerprint density at radius 3 is 2.75 bits per heavy atom. The lowest BCUT2D eigenvalue weighted by atomic mass is 10.0. The number of thioether (sulfide) groups is 1. The van der Waals surface area contributed by atoms with Crippen LogP contribution in [0.3, 0.4) is 0 Å². The van der Waals surface area contributed by atoms with Crippen LogP contribution in [0.2, 0.25) is 0 Å². The second-order valence-corrected chi connectivity index (χ2v) is 6.86. The van der Waals surface area contributed by atoms with Gasteiger partial charge in [-0.1, -0.05) is 0 Å². The normalized spacial score (nSPS) is 23.0. The average molecular weight is 350 g/mol. The van der Waals surface area contributed by atoms with E-state index in [4.69, 9.17) is 0 Å². The molecule has 0 unspecified atom stereocenters. The van der Waals surface area contributed by atoms with E-state index in [1.165, 1.54) is 22.9 Å². The van der Waals surface area contributed by atoms with Gasteiger partial charge in [0.2, 0.25) is 0 Å². The summed E-state index contributed by atoms with van der Waals surface area (Å²) in [6.45, 7) is 6.08. The third-order valence-electron chi connectivity index (χ3n) is 4.30. The minimum absolute atomic E-state index is 0.0317. The number of carboxylic acid groups (broad SMARTS) is 1. The highest BCUT2D eigenvalue weighted by atomic mass is 32.2. The molecule has 128 valence electrons. The number of carboxylic acids is 1. The molecule has 24 heavy (non-hydrogen) atoms. The molecule has 1 aromatic rings. The molecule has 3 heterocycles. The number of fused-ring (bicyclic) bond motifs is 1. The fourth-order valence-corrected chi connectivity index (χ4v) is 4.28. The van der Waals surface area contributed by atoms with Crippen LogP contribution in [-0.2, 0) is 16.1 Å². The van der Waals surface area contributed by atoms with Crippen LogP contribution in [0.15, 0.2) is 17.5 Å². The number of nitrogens with zero attached hydrogens (tertiary/aromatic N) is 3. The summed E-state index contributed by atoms with van der Waals surface area (Å²) in [6.07, 6.45) is 1.48. The Hall–Kier alpha value is -2.29. The predicted octanol–water partition coefficient (Wildman–Crippen LogP) is 0.584. The molecule has 0 bridgehead atoms.